The van der Waals surface area contributed by atoms with Gasteiger partial charge in [-0.3, -0.25) is 0 Å². The van der Waals surface area contributed by atoms with Gasteiger partial charge in [-0.05, 0) is 55.9 Å². The molecule has 0 bridgehead atoms. The zero-order valence-corrected chi connectivity index (χ0v) is 21.8. The topological polar surface area (TPSA) is 124 Å². The van der Waals surface area contributed by atoms with Crippen LogP contribution in [0.5, 0.6) is 0 Å². The first-order chi connectivity index (χ1) is 18.1. The van der Waals surface area contributed by atoms with Crippen molar-refractivity contribution in [2.24, 2.45) is 0 Å². The Balaban J connectivity index is 0.000000436. The smallest absolute Gasteiger partial charge is 0.328 e. The van der Waals surface area contributed by atoms with Gasteiger partial charge in [0, 0.05) is 59.6 Å². The lowest BCUT2D eigenvalue weighted by atomic mass is 9.84. The maximum Gasteiger partial charge on any atom is 0.328 e. The first-order valence-electron chi connectivity index (χ1n) is 12.0. The van der Waals surface area contributed by atoms with Gasteiger partial charge in [-0.15, -0.1) is 0 Å². The molecule has 0 saturated carbocycles. The summed E-state index contributed by atoms with van der Waals surface area (Å²) < 4.78 is 15.6. The number of aromatic nitrogens is 1. The zero-order valence-electron chi connectivity index (χ0n) is 21.1. The molecule has 0 radical (unpaired) electrons. The molecule has 1 aliphatic rings. The molecule has 0 spiro atoms. The first kappa shape index (κ1) is 28.7. The summed E-state index contributed by atoms with van der Waals surface area (Å²) in [5.74, 6) is -2.79. The number of carbonyl (C=O) groups is 3. The quantitative estimate of drug-likeness (QED) is 0.296. The molecule has 202 valence electrons. The van der Waals surface area contributed by atoms with Crippen LogP contribution in [-0.2, 0) is 15.1 Å². The van der Waals surface area contributed by atoms with Gasteiger partial charge in [-0.2, -0.15) is 0 Å². The number of amides is 2. The Labute approximate surface area is 224 Å². The van der Waals surface area contributed by atoms with Crippen molar-refractivity contribution in [1.29, 1.82) is 0 Å². The third-order valence-corrected chi connectivity index (χ3v) is 6.52. The van der Waals surface area contributed by atoms with Crippen molar-refractivity contribution in [3.05, 3.63) is 77.2 Å². The molecular weight excluding hydrogens is 515 g/mol. The van der Waals surface area contributed by atoms with Crippen LogP contribution in [0.4, 0.5) is 9.18 Å². The number of rotatable bonds is 9. The zero-order chi connectivity index (χ0) is 27.9. The second kappa shape index (κ2) is 12.6. The fraction of sp³-hybridized carbons (Fsp3) is 0.296. The van der Waals surface area contributed by atoms with E-state index in [0.29, 0.717) is 36.8 Å². The molecule has 2 heterocycles. The monoisotopic (exact) mass is 544 g/mol. The van der Waals surface area contributed by atoms with Crippen molar-refractivity contribution in [2.45, 2.75) is 25.3 Å². The molecule has 1 aliphatic heterocycles. The molecular formula is C27H30ClFN4O5. The number of aliphatic carboxylic acids is 2. The SMILES string of the molecule is CCCC1(c2cn(-c3ccc(F)cc3)c3ccc(Cl)cc23)CNC(=O)N1CCNC.O=C(O)/C=C/C(=O)O. The standard InChI is InChI=1S/C23H26ClFN4O.C4H4O4/c1-3-10-23(15-27-22(30)29(23)12-11-26-2)20-14-28(18-7-5-17(25)6-8-18)21-9-4-16(24)13-19(20)21;5-3(6)1-2-4(7)8/h4-9,13-14,26H,3,10-12,15H2,1-2H3,(H,27,30);1-2H,(H,5,6)(H,7,8)/b;2-1+. The van der Waals surface area contributed by atoms with Crippen molar-refractivity contribution in [1.82, 2.24) is 20.1 Å². The number of fused-ring (bicyclic) bond motifs is 1. The van der Waals surface area contributed by atoms with E-state index in [1.54, 1.807) is 12.1 Å². The Morgan fingerprint density at radius 3 is 2.39 bits per heavy atom. The lowest BCUT2D eigenvalue weighted by Gasteiger charge is -2.37. The summed E-state index contributed by atoms with van der Waals surface area (Å²) >= 11 is 6.38. The molecule has 4 rings (SSSR count). The van der Waals surface area contributed by atoms with Crippen LogP contribution in [0.3, 0.4) is 0 Å². The van der Waals surface area contributed by atoms with Crippen LogP contribution in [0.1, 0.15) is 25.3 Å². The summed E-state index contributed by atoms with van der Waals surface area (Å²) in [4.78, 5) is 33.8. The van der Waals surface area contributed by atoms with Crippen molar-refractivity contribution < 1.29 is 29.0 Å². The molecule has 38 heavy (non-hydrogen) atoms. The molecule has 0 aliphatic carbocycles. The molecule has 3 aromatic rings. The van der Waals surface area contributed by atoms with Crippen molar-refractivity contribution >= 4 is 40.5 Å². The Bertz CT molecular complexity index is 1330. The summed E-state index contributed by atoms with van der Waals surface area (Å²) in [7, 11) is 1.88. The number of carboxylic acids is 2. The van der Waals surface area contributed by atoms with E-state index in [-0.39, 0.29) is 11.8 Å². The second-order valence-corrected chi connectivity index (χ2v) is 9.19. The van der Waals surface area contributed by atoms with Crippen LogP contribution in [0, 0.1) is 5.82 Å². The highest BCUT2D eigenvalue weighted by molar-refractivity contribution is 6.31. The summed E-state index contributed by atoms with van der Waals surface area (Å²) in [6.07, 6.45) is 4.94. The van der Waals surface area contributed by atoms with E-state index in [4.69, 9.17) is 21.8 Å². The van der Waals surface area contributed by atoms with Crippen LogP contribution in [-0.4, -0.2) is 64.3 Å². The normalized spacial score (nSPS) is 16.9. The summed E-state index contributed by atoms with van der Waals surface area (Å²) in [5, 5.41) is 23.5. The van der Waals surface area contributed by atoms with E-state index in [1.807, 2.05) is 30.1 Å². The van der Waals surface area contributed by atoms with E-state index in [9.17, 15) is 18.8 Å². The molecule has 2 amide bonds. The number of nitrogens with one attached hydrogen (secondary N) is 2. The second-order valence-electron chi connectivity index (χ2n) is 8.76. The molecule has 1 aromatic heterocycles. The predicted molar refractivity (Wildman–Crippen MR) is 143 cm³/mol. The lowest BCUT2D eigenvalue weighted by Crippen LogP contribution is -2.47. The molecule has 1 fully saturated rings. The number of hydrogen-bond donors (Lipinski definition) is 4. The van der Waals surface area contributed by atoms with E-state index < -0.39 is 17.5 Å². The number of benzene rings is 2. The number of hydrogen-bond acceptors (Lipinski definition) is 4. The van der Waals surface area contributed by atoms with Crippen molar-refractivity contribution in [3.63, 3.8) is 0 Å². The van der Waals surface area contributed by atoms with Gasteiger partial charge in [0.25, 0.3) is 0 Å². The minimum absolute atomic E-state index is 0.0524. The van der Waals surface area contributed by atoms with E-state index in [1.165, 1.54) is 12.1 Å². The molecule has 9 nitrogen and oxygen atoms in total. The molecule has 4 N–H and O–H groups in total. The fourth-order valence-corrected chi connectivity index (χ4v) is 4.86. The van der Waals surface area contributed by atoms with Gasteiger partial charge in [0.05, 0.1) is 11.1 Å². The maximum absolute atomic E-state index is 13.5. The van der Waals surface area contributed by atoms with Crippen LogP contribution >= 0.6 is 11.6 Å². The fourth-order valence-electron chi connectivity index (χ4n) is 4.69. The van der Waals surface area contributed by atoms with Crippen LogP contribution in [0.15, 0.2) is 60.8 Å². The third-order valence-electron chi connectivity index (χ3n) is 6.28. The Hall–Kier alpha value is -3.89. The number of carboxylic acid groups (broad SMARTS) is 2. The molecule has 1 atom stereocenters. The third kappa shape index (κ3) is 6.32. The lowest BCUT2D eigenvalue weighted by molar-refractivity contribution is -0.134. The number of likely N-dealkylation sites (N-methyl/N-ethyl adjacent to an activating group) is 1. The number of carbonyl (C=O) groups excluding carboxylic acids is 1. The summed E-state index contributed by atoms with van der Waals surface area (Å²) in [6, 6.07) is 12.2. The number of urea groups is 1. The summed E-state index contributed by atoms with van der Waals surface area (Å²) in [6.45, 7) is 3.98. The predicted octanol–water partition coefficient (Wildman–Crippen LogP) is 4.37. The molecule has 1 saturated heterocycles. The molecule has 11 heteroatoms. The largest absolute Gasteiger partial charge is 0.478 e. The van der Waals surface area contributed by atoms with Crippen molar-refractivity contribution in [3.8, 4) is 5.69 Å². The Morgan fingerprint density at radius 1 is 1.16 bits per heavy atom. The maximum atomic E-state index is 13.5. The van der Waals surface area contributed by atoms with Gasteiger partial charge in [0.15, 0.2) is 0 Å². The summed E-state index contributed by atoms with van der Waals surface area (Å²) in [5.41, 5.74) is 2.42. The average Bonchev–Trinajstić information content (AvgIpc) is 3.40. The van der Waals surface area contributed by atoms with Gasteiger partial charge < -0.3 is 30.3 Å². The number of halogens is 2. The highest BCUT2D eigenvalue weighted by Crippen LogP contribution is 2.42. The van der Waals surface area contributed by atoms with Gasteiger partial charge in [0.1, 0.15) is 5.82 Å². The Kier molecular flexibility index (Phi) is 9.49. The highest BCUT2D eigenvalue weighted by atomic mass is 35.5. The average molecular weight is 545 g/mol. The minimum Gasteiger partial charge on any atom is -0.478 e. The highest BCUT2D eigenvalue weighted by Gasteiger charge is 2.47. The van der Waals surface area contributed by atoms with Crippen LogP contribution < -0.4 is 10.6 Å². The molecule has 2 aromatic carbocycles. The van der Waals surface area contributed by atoms with Crippen LogP contribution in [0.2, 0.25) is 5.02 Å². The van der Waals surface area contributed by atoms with Gasteiger partial charge in [-0.1, -0.05) is 24.9 Å². The molecule has 1 unspecified atom stereocenters. The van der Waals surface area contributed by atoms with Gasteiger partial charge >= 0.3 is 18.0 Å². The van der Waals surface area contributed by atoms with Crippen molar-refractivity contribution in [2.75, 3.05) is 26.7 Å². The van der Waals surface area contributed by atoms with E-state index in [0.717, 1.165) is 35.0 Å². The van der Waals surface area contributed by atoms with Gasteiger partial charge in [-0.25, -0.2) is 18.8 Å². The van der Waals surface area contributed by atoms with E-state index in [2.05, 4.69) is 28.3 Å². The number of nitrogens with zero attached hydrogens (tertiary/aromatic N) is 2. The van der Waals surface area contributed by atoms with Crippen LogP contribution in [0.25, 0.3) is 16.6 Å². The first-order valence-corrected chi connectivity index (χ1v) is 12.4. The minimum atomic E-state index is -1.26. The Morgan fingerprint density at radius 2 is 1.82 bits per heavy atom. The van der Waals surface area contributed by atoms with E-state index >= 15 is 0 Å². The van der Waals surface area contributed by atoms with Gasteiger partial charge in [0.2, 0.25) is 0 Å².